The molecule has 1 aromatic carbocycles. The van der Waals surface area contributed by atoms with Crippen LogP contribution in [-0.2, 0) is 4.74 Å². The first-order chi connectivity index (χ1) is 9.20. The topological polar surface area (TPSA) is 53.3 Å². The van der Waals surface area contributed by atoms with Gasteiger partial charge in [0, 0.05) is 12.5 Å². The van der Waals surface area contributed by atoms with Crippen molar-refractivity contribution in [3.8, 4) is 6.07 Å². The predicted molar refractivity (Wildman–Crippen MR) is 71.5 cm³/mol. The molecule has 0 saturated carbocycles. The van der Waals surface area contributed by atoms with E-state index in [0.29, 0.717) is 18.1 Å². The highest BCUT2D eigenvalue weighted by molar-refractivity contribution is 5.89. The van der Waals surface area contributed by atoms with E-state index in [1.165, 1.54) is 0 Å². The molecule has 4 heteroatoms. The Morgan fingerprint density at radius 2 is 2.16 bits per heavy atom. The van der Waals surface area contributed by atoms with E-state index >= 15 is 0 Å². The SMILES string of the molecule is CN1C[C@H](COC(=O)c2ccccc2)CC[C@H]1C#N. The van der Waals surface area contributed by atoms with Crippen LogP contribution in [-0.4, -0.2) is 37.1 Å². The van der Waals surface area contributed by atoms with Crippen LogP contribution in [0.15, 0.2) is 30.3 Å². The van der Waals surface area contributed by atoms with Gasteiger partial charge in [-0.3, -0.25) is 4.90 Å². The van der Waals surface area contributed by atoms with Crippen molar-refractivity contribution in [2.75, 3.05) is 20.2 Å². The largest absolute Gasteiger partial charge is 0.462 e. The van der Waals surface area contributed by atoms with Crippen molar-refractivity contribution < 1.29 is 9.53 Å². The number of hydrogen-bond donors (Lipinski definition) is 0. The summed E-state index contributed by atoms with van der Waals surface area (Å²) >= 11 is 0. The monoisotopic (exact) mass is 258 g/mol. The van der Waals surface area contributed by atoms with Gasteiger partial charge in [0.15, 0.2) is 0 Å². The molecule has 0 aromatic heterocycles. The third-order valence-corrected chi connectivity index (χ3v) is 3.54. The minimum Gasteiger partial charge on any atom is -0.462 e. The van der Waals surface area contributed by atoms with E-state index in [-0.39, 0.29) is 12.0 Å². The smallest absolute Gasteiger partial charge is 0.338 e. The molecule has 1 fully saturated rings. The summed E-state index contributed by atoms with van der Waals surface area (Å²) in [7, 11) is 1.94. The van der Waals surface area contributed by atoms with Gasteiger partial charge in [0.05, 0.1) is 24.3 Å². The first-order valence-electron chi connectivity index (χ1n) is 6.52. The van der Waals surface area contributed by atoms with Crippen molar-refractivity contribution in [3.63, 3.8) is 0 Å². The van der Waals surface area contributed by atoms with Gasteiger partial charge in [0.2, 0.25) is 0 Å². The summed E-state index contributed by atoms with van der Waals surface area (Å²) in [6, 6.07) is 11.3. The Balaban J connectivity index is 1.81. The lowest BCUT2D eigenvalue weighted by Crippen LogP contribution is -2.41. The van der Waals surface area contributed by atoms with Crippen LogP contribution in [0.4, 0.5) is 0 Å². The number of nitriles is 1. The van der Waals surface area contributed by atoms with Crippen molar-refractivity contribution in [2.24, 2.45) is 5.92 Å². The summed E-state index contributed by atoms with van der Waals surface area (Å²) in [6.45, 7) is 1.23. The zero-order valence-electron chi connectivity index (χ0n) is 11.1. The summed E-state index contributed by atoms with van der Waals surface area (Å²) in [5, 5.41) is 8.94. The number of carbonyl (C=O) groups is 1. The number of hydrogen-bond acceptors (Lipinski definition) is 4. The average molecular weight is 258 g/mol. The fourth-order valence-electron chi connectivity index (χ4n) is 2.39. The number of benzene rings is 1. The van der Waals surface area contributed by atoms with E-state index in [1.54, 1.807) is 12.1 Å². The van der Waals surface area contributed by atoms with Crippen LogP contribution in [0.25, 0.3) is 0 Å². The molecule has 2 rings (SSSR count). The highest BCUT2D eigenvalue weighted by Gasteiger charge is 2.26. The van der Waals surface area contributed by atoms with Crippen LogP contribution in [0.5, 0.6) is 0 Å². The lowest BCUT2D eigenvalue weighted by molar-refractivity contribution is 0.0348. The van der Waals surface area contributed by atoms with Crippen molar-refractivity contribution in [1.82, 2.24) is 4.90 Å². The maximum atomic E-state index is 11.8. The summed E-state index contributed by atoms with van der Waals surface area (Å²) in [5.74, 6) is 0.0490. The molecule has 0 N–H and O–H groups in total. The van der Waals surface area contributed by atoms with Gasteiger partial charge >= 0.3 is 5.97 Å². The molecule has 0 aliphatic carbocycles. The Labute approximate surface area is 113 Å². The number of likely N-dealkylation sites (tertiary alicyclic amines) is 1. The van der Waals surface area contributed by atoms with Crippen LogP contribution in [0.2, 0.25) is 0 Å². The van der Waals surface area contributed by atoms with Crippen molar-refractivity contribution >= 4 is 5.97 Å². The molecule has 100 valence electrons. The molecular weight excluding hydrogens is 240 g/mol. The fraction of sp³-hybridized carbons (Fsp3) is 0.467. The zero-order chi connectivity index (χ0) is 13.7. The predicted octanol–water partition coefficient (Wildman–Crippen LogP) is 2.08. The Morgan fingerprint density at radius 3 is 2.79 bits per heavy atom. The van der Waals surface area contributed by atoms with Gasteiger partial charge < -0.3 is 4.74 Å². The Hall–Kier alpha value is -1.86. The highest BCUT2D eigenvalue weighted by Crippen LogP contribution is 2.20. The normalized spacial score (nSPS) is 23.6. The average Bonchev–Trinajstić information content (AvgIpc) is 2.46. The van der Waals surface area contributed by atoms with Gasteiger partial charge in [0.1, 0.15) is 0 Å². The molecule has 1 heterocycles. The van der Waals surface area contributed by atoms with E-state index in [4.69, 9.17) is 10.00 Å². The van der Waals surface area contributed by atoms with E-state index in [1.807, 2.05) is 30.1 Å². The molecule has 0 radical (unpaired) electrons. The molecule has 0 bridgehead atoms. The molecule has 1 aromatic rings. The summed E-state index contributed by atoms with van der Waals surface area (Å²) < 4.78 is 5.34. The lowest BCUT2D eigenvalue weighted by atomic mass is 9.94. The van der Waals surface area contributed by atoms with E-state index in [2.05, 4.69) is 6.07 Å². The summed E-state index contributed by atoms with van der Waals surface area (Å²) in [6.07, 6.45) is 1.78. The zero-order valence-corrected chi connectivity index (χ0v) is 11.1. The minimum absolute atomic E-state index is 0.000995. The molecule has 0 spiro atoms. The molecular formula is C15H18N2O2. The number of rotatable bonds is 3. The first-order valence-corrected chi connectivity index (χ1v) is 6.52. The summed E-state index contributed by atoms with van der Waals surface area (Å²) in [5.41, 5.74) is 0.585. The van der Waals surface area contributed by atoms with Crippen LogP contribution < -0.4 is 0 Å². The first kappa shape index (κ1) is 13.6. The Morgan fingerprint density at radius 1 is 1.42 bits per heavy atom. The van der Waals surface area contributed by atoms with Crippen LogP contribution in [0.1, 0.15) is 23.2 Å². The third-order valence-electron chi connectivity index (χ3n) is 3.54. The third kappa shape index (κ3) is 3.55. The lowest BCUT2D eigenvalue weighted by Gasteiger charge is -2.33. The second-order valence-corrected chi connectivity index (χ2v) is 4.99. The number of carbonyl (C=O) groups excluding carboxylic acids is 1. The summed E-state index contributed by atoms with van der Waals surface area (Å²) in [4.78, 5) is 13.8. The van der Waals surface area contributed by atoms with Crippen molar-refractivity contribution in [3.05, 3.63) is 35.9 Å². The maximum Gasteiger partial charge on any atom is 0.338 e. The van der Waals surface area contributed by atoms with Crippen LogP contribution in [0.3, 0.4) is 0 Å². The standard InChI is InChI=1S/C15H18N2O2/c1-17-10-12(7-8-14(17)9-16)11-19-15(18)13-5-3-2-4-6-13/h2-6,12,14H,7-8,10-11H2,1H3/t12-,14+/m1/s1. The molecule has 0 amide bonds. The molecule has 4 nitrogen and oxygen atoms in total. The van der Waals surface area contributed by atoms with E-state index < -0.39 is 0 Å². The molecule has 1 saturated heterocycles. The van der Waals surface area contributed by atoms with Crippen LogP contribution >= 0.6 is 0 Å². The van der Waals surface area contributed by atoms with Gasteiger partial charge in [0.25, 0.3) is 0 Å². The minimum atomic E-state index is -0.273. The van der Waals surface area contributed by atoms with Crippen molar-refractivity contribution in [1.29, 1.82) is 5.26 Å². The highest BCUT2D eigenvalue weighted by atomic mass is 16.5. The van der Waals surface area contributed by atoms with Gasteiger partial charge in [-0.05, 0) is 32.0 Å². The fourth-order valence-corrected chi connectivity index (χ4v) is 2.39. The Kier molecular flexibility index (Phi) is 4.53. The molecule has 19 heavy (non-hydrogen) atoms. The van der Waals surface area contributed by atoms with Gasteiger partial charge in [-0.2, -0.15) is 5.26 Å². The quantitative estimate of drug-likeness (QED) is 0.779. The van der Waals surface area contributed by atoms with Gasteiger partial charge in [-0.25, -0.2) is 4.79 Å². The molecule has 1 aliphatic rings. The van der Waals surface area contributed by atoms with E-state index in [0.717, 1.165) is 19.4 Å². The van der Waals surface area contributed by atoms with Crippen molar-refractivity contribution in [2.45, 2.75) is 18.9 Å². The van der Waals surface area contributed by atoms with Gasteiger partial charge in [-0.1, -0.05) is 18.2 Å². The Bertz CT molecular complexity index is 467. The second kappa shape index (κ2) is 6.35. The number of nitrogens with zero attached hydrogens (tertiary/aromatic N) is 2. The number of ether oxygens (including phenoxy) is 1. The molecule has 2 atom stereocenters. The van der Waals surface area contributed by atoms with Crippen LogP contribution in [0, 0.1) is 17.2 Å². The molecule has 0 unspecified atom stereocenters. The second-order valence-electron chi connectivity index (χ2n) is 4.99. The molecule has 1 aliphatic heterocycles. The maximum absolute atomic E-state index is 11.8. The number of piperidine rings is 1. The number of esters is 1. The van der Waals surface area contributed by atoms with E-state index in [9.17, 15) is 4.79 Å². The van der Waals surface area contributed by atoms with Gasteiger partial charge in [-0.15, -0.1) is 0 Å².